The number of nitrogens with zero attached hydrogens (tertiary/aromatic N) is 1. The van der Waals surface area contributed by atoms with Crippen molar-refractivity contribution < 1.29 is 9.13 Å². The van der Waals surface area contributed by atoms with Crippen LogP contribution < -0.4 is 0 Å². The Morgan fingerprint density at radius 2 is 1.88 bits per heavy atom. The number of hydrogen-bond acceptors (Lipinski definition) is 2. The second-order valence-electron chi connectivity index (χ2n) is 5.52. The van der Waals surface area contributed by atoms with Crippen LogP contribution in [0.3, 0.4) is 0 Å². The predicted molar refractivity (Wildman–Crippen MR) is 63.4 cm³/mol. The van der Waals surface area contributed by atoms with Crippen LogP contribution >= 0.6 is 0 Å². The maximum Gasteiger partial charge on any atom is 0.125 e. The van der Waals surface area contributed by atoms with E-state index in [9.17, 15) is 4.39 Å². The molecule has 0 aromatic heterocycles. The number of ether oxygens (including phenoxy) is 1. The molecule has 0 spiro atoms. The molecule has 0 radical (unpaired) electrons. The number of rotatable bonds is 3. The molecule has 2 aliphatic rings. The molecule has 0 aromatic rings. The van der Waals surface area contributed by atoms with Crippen LogP contribution in [0, 0.1) is 0 Å². The molecule has 1 aliphatic heterocycles. The first-order valence-corrected chi connectivity index (χ1v) is 6.68. The minimum absolute atomic E-state index is 0.334. The van der Waals surface area contributed by atoms with Crippen LogP contribution in [0.4, 0.5) is 4.39 Å². The summed E-state index contributed by atoms with van der Waals surface area (Å²) in [5.41, 5.74) is 0. The maximum absolute atomic E-state index is 12.8. The van der Waals surface area contributed by atoms with E-state index >= 15 is 0 Å². The van der Waals surface area contributed by atoms with E-state index < -0.39 is 6.17 Å². The summed E-state index contributed by atoms with van der Waals surface area (Å²) in [7, 11) is 0. The molecule has 2 atom stereocenters. The summed E-state index contributed by atoms with van der Waals surface area (Å²) in [4.78, 5) is 2.31. The van der Waals surface area contributed by atoms with Crippen LogP contribution in [0.2, 0.25) is 0 Å². The molecule has 1 aliphatic carbocycles. The van der Waals surface area contributed by atoms with Gasteiger partial charge in [0.05, 0.1) is 12.2 Å². The molecule has 0 amide bonds. The third-order valence-electron chi connectivity index (χ3n) is 3.73. The molecular formula is C13H24FNO. The Bertz CT molecular complexity index is 216. The molecule has 16 heavy (non-hydrogen) atoms. The quantitative estimate of drug-likeness (QED) is 0.690. The molecule has 1 heterocycles. The lowest BCUT2D eigenvalue weighted by molar-refractivity contribution is -0.00566. The summed E-state index contributed by atoms with van der Waals surface area (Å²) in [6.07, 6.45) is 6.18. The average molecular weight is 229 g/mol. The molecule has 2 rings (SSSR count). The van der Waals surface area contributed by atoms with Gasteiger partial charge in [-0.15, -0.1) is 0 Å². The third kappa shape index (κ3) is 3.17. The lowest BCUT2D eigenvalue weighted by atomic mass is 10.0. The summed E-state index contributed by atoms with van der Waals surface area (Å²) < 4.78 is 18.7. The monoisotopic (exact) mass is 229 g/mol. The zero-order chi connectivity index (χ0) is 11.5. The van der Waals surface area contributed by atoms with Gasteiger partial charge >= 0.3 is 0 Å². The van der Waals surface area contributed by atoms with Gasteiger partial charge in [0, 0.05) is 19.1 Å². The van der Waals surface area contributed by atoms with E-state index in [2.05, 4.69) is 18.7 Å². The molecule has 2 unspecified atom stereocenters. The van der Waals surface area contributed by atoms with Gasteiger partial charge in [-0.25, -0.2) is 4.39 Å². The van der Waals surface area contributed by atoms with Crippen molar-refractivity contribution in [1.82, 2.24) is 4.90 Å². The third-order valence-corrected chi connectivity index (χ3v) is 3.73. The summed E-state index contributed by atoms with van der Waals surface area (Å²) >= 11 is 0. The van der Waals surface area contributed by atoms with E-state index in [0.29, 0.717) is 31.3 Å². The van der Waals surface area contributed by atoms with Crippen molar-refractivity contribution >= 4 is 0 Å². The molecule has 2 nitrogen and oxygen atoms in total. The van der Waals surface area contributed by atoms with Gasteiger partial charge in [-0.1, -0.05) is 0 Å². The second-order valence-corrected chi connectivity index (χ2v) is 5.52. The maximum atomic E-state index is 12.8. The topological polar surface area (TPSA) is 12.5 Å². The van der Waals surface area contributed by atoms with Crippen LogP contribution in [-0.4, -0.2) is 42.4 Å². The fourth-order valence-corrected chi connectivity index (χ4v) is 2.89. The standard InChI is InChI=1S/C13H24FNO/c1-10(2)16-13-5-3-4-12(6-7-13)15-8-11(14)9-15/h10-13H,3-9H2,1-2H3. The van der Waals surface area contributed by atoms with E-state index in [1.807, 2.05) is 0 Å². The van der Waals surface area contributed by atoms with E-state index in [1.165, 1.54) is 25.7 Å². The van der Waals surface area contributed by atoms with Crippen molar-refractivity contribution in [1.29, 1.82) is 0 Å². The highest BCUT2D eigenvalue weighted by Gasteiger charge is 2.33. The van der Waals surface area contributed by atoms with Crippen LogP contribution in [0.5, 0.6) is 0 Å². The lowest BCUT2D eigenvalue weighted by Crippen LogP contribution is -2.53. The molecule has 1 saturated carbocycles. The number of halogens is 1. The number of likely N-dealkylation sites (tertiary alicyclic amines) is 1. The smallest absolute Gasteiger partial charge is 0.125 e. The molecular weight excluding hydrogens is 205 g/mol. The summed E-state index contributed by atoms with van der Waals surface area (Å²) in [6, 6.07) is 0.618. The van der Waals surface area contributed by atoms with Crippen molar-refractivity contribution in [2.45, 2.75) is 70.4 Å². The van der Waals surface area contributed by atoms with Gasteiger partial charge in [0.1, 0.15) is 6.17 Å². The van der Waals surface area contributed by atoms with Gasteiger partial charge in [-0.05, 0) is 46.0 Å². The summed E-state index contributed by atoms with van der Waals surface area (Å²) in [6.45, 7) is 5.54. The zero-order valence-electron chi connectivity index (χ0n) is 10.5. The summed E-state index contributed by atoms with van der Waals surface area (Å²) in [5.74, 6) is 0. The van der Waals surface area contributed by atoms with E-state index in [1.54, 1.807) is 0 Å². The molecule has 0 N–H and O–H groups in total. The zero-order valence-corrected chi connectivity index (χ0v) is 10.5. The van der Waals surface area contributed by atoms with Crippen molar-refractivity contribution in [2.75, 3.05) is 13.1 Å². The molecule has 94 valence electrons. The molecule has 2 fully saturated rings. The van der Waals surface area contributed by atoms with Gasteiger partial charge in [-0.3, -0.25) is 4.90 Å². The second kappa shape index (κ2) is 5.46. The van der Waals surface area contributed by atoms with Gasteiger partial charge < -0.3 is 4.74 Å². The summed E-state index contributed by atoms with van der Waals surface area (Å²) in [5, 5.41) is 0. The van der Waals surface area contributed by atoms with Crippen molar-refractivity contribution in [3.63, 3.8) is 0 Å². The van der Waals surface area contributed by atoms with Crippen LogP contribution in [0.1, 0.15) is 46.0 Å². The first kappa shape index (κ1) is 12.3. The van der Waals surface area contributed by atoms with Crippen molar-refractivity contribution in [3.8, 4) is 0 Å². The highest BCUT2D eigenvalue weighted by molar-refractivity contribution is 4.87. The van der Waals surface area contributed by atoms with Gasteiger partial charge in [-0.2, -0.15) is 0 Å². The van der Waals surface area contributed by atoms with Crippen molar-refractivity contribution in [3.05, 3.63) is 0 Å². The predicted octanol–water partition coefficient (Wildman–Crippen LogP) is 2.77. The fraction of sp³-hybridized carbons (Fsp3) is 1.00. The lowest BCUT2D eigenvalue weighted by Gasteiger charge is -2.40. The van der Waals surface area contributed by atoms with Crippen molar-refractivity contribution in [2.24, 2.45) is 0 Å². The van der Waals surface area contributed by atoms with Crippen LogP contribution in [-0.2, 0) is 4.74 Å². The minimum Gasteiger partial charge on any atom is -0.376 e. The Hall–Kier alpha value is -0.150. The van der Waals surface area contributed by atoms with Crippen LogP contribution in [0.15, 0.2) is 0 Å². The molecule has 1 saturated heterocycles. The normalized spacial score (nSPS) is 33.8. The Labute approximate surface area is 98.1 Å². The largest absolute Gasteiger partial charge is 0.376 e. The highest BCUT2D eigenvalue weighted by atomic mass is 19.1. The van der Waals surface area contributed by atoms with E-state index in [0.717, 1.165) is 6.42 Å². The Balaban J connectivity index is 1.75. The molecule has 0 aromatic carbocycles. The Kier molecular flexibility index (Phi) is 4.20. The average Bonchev–Trinajstić information content (AvgIpc) is 2.38. The van der Waals surface area contributed by atoms with Gasteiger partial charge in [0.25, 0.3) is 0 Å². The first-order valence-electron chi connectivity index (χ1n) is 6.68. The Morgan fingerprint density at radius 1 is 1.12 bits per heavy atom. The van der Waals surface area contributed by atoms with Gasteiger partial charge in [0.2, 0.25) is 0 Å². The Morgan fingerprint density at radius 3 is 2.50 bits per heavy atom. The minimum atomic E-state index is -0.564. The van der Waals surface area contributed by atoms with E-state index in [-0.39, 0.29) is 0 Å². The highest BCUT2D eigenvalue weighted by Crippen LogP contribution is 2.28. The van der Waals surface area contributed by atoms with E-state index in [4.69, 9.17) is 4.74 Å². The number of alkyl halides is 1. The SMILES string of the molecule is CC(C)OC1CCCC(N2CC(F)C2)CC1. The number of hydrogen-bond donors (Lipinski definition) is 0. The van der Waals surface area contributed by atoms with Gasteiger partial charge in [0.15, 0.2) is 0 Å². The van der Waals surface area contributed by atoms with Crippen LogP contribution in [0.25, 0.3) is 0 Å². The molecule has 0 bridgehead atoms. The fourth-order valence-electron chi connectivity index (χ4n) is 2.89. The molecule has 3 heteroatoms. The first-order chi connectivity index (χ1) is 7.65.